The SMILES string of the molecule is CN(C)CCNC(=O)[C@@H]1C[C@]2(CO1)CN(C(=O)N(C)C)c1ccccc12. The number of para-hydroxylation sites is 1. The highest BCUT2D eigenvalue weighted by Gasteiger charge is 2.51. The molecule has 3 amide bonds. The van der Waals surface area contributed by atoms with E-state index >= 15 is 0 Å². The van der Waals surface area contributed by atoms with Gasteiger partial charge in [-0.2, -0.15) is 0 Å². The fraction of sp³-hybridized carbons (Fsp3) is 0.579. The zero-order valence-corrected chi connectivity index (χ0v) is 16.0. The first-order valence-corrected chi connectivity index (χ1v) is 8.96. The number of amides is 3. The summed E-state index contributed by atoms with van der Waals surface area (Å²) in [6.07, 6.45) is 0.120. The van der Waals surface area contributed by atoms with Gasteiger partial charge in [-0.15, -0.1) is 0 Å². The molecule has 1 N–H and O–H groups in total. The van der Waals surface area contributed by atoms with Gasteiger partial charge in [0.1, 0.15) is 6.10 Å². The van der Waals surface area contributed by atoms with Crippen LogP contribution in [0.25, 0.3) is 0 Å². The Morgan fingerprint density at radius 3 is 2.69 bits per heavy atom. The van der Waals surface area contributed by atoms with Crippen molar-refractivity contribution in [3.05, 3.63) is 29.8 Å². The largest absolute Gasteiger partial charge is 0.367 e. The summed E-state index contributed by atoms with van der Waals surface area (Å²) in [5.41, 5.74) is 1.70. The number of hydrogen-bond donors (Lipinski definition) is 1. The van der Waals surface area contributed by atoms with Gasteiger partial charge in [-0.25, -0.2) is 4.79 Å². The summed E-state index contributed by atoms with van der Waals surface area (Å²) >= 11 is 0. The second-order valence-electron chi connectivity index (χ2n) is 7.66. The van der Waals surface area contributed by atoms with Crippen LogP contribution in [0.4, 0.5) is 10.5 Å². The third kappa shape index (κ3) is 3.41. The van der Waals surface area contributed by atoms with Gasteiger partial charge in [0.2, 0.25) is 5.91 Å². The molecular formula is C19H28N4O3. The quantitative estimate of drug-likeness (QED) is 0.866. The molecular weight excluding hydrogens is 332 g/mol. The lowest BCUT2D eigenvalue weighted by Crippen LogP contribution is -2.43. The average molecular weight is 360 g/mol. The van der Waals surface area contributed by atoms with Crippen LogP contribution in [-0.2, 0) is 14.9 Å². The normalized spacial score (nSPS) is 24.2. The van der Waals surface area contributed by atoms with Gasteiger partial charge in [0.05, 0.1) is 6.61 Å². The summed E-state index contributed by atoms with van der Waals surface area (Å²) in [7, 11) is 7.45. The van der Waals surface area contributed by atoms with Crippen LogP contribution < -0.4 is 10.2 Å². The second-order valence-corrected chi connectivity index (χ2v) is 7.66. The lowest BCUT2D eigenvalue weighted by molar-refractivity contribution is -0.130. The van der Waals surface area contributed by atoms with E-state index in [2.05, 4.69) is 5.32 Å². The van der Waals surface area contributed by atoms with Gasteiger partial charge in [0.15, 0.2) is 0 Å². The molecule has 1 aromatic rings. The Balaban J connectivity index is 1.75. The zero-order valence-electron chi connectivity index (χ0n) is 16.0. The molecule has 0 bridgehead atoms. The summed E-state index contributed by atoms with van der Waals surface area (Å²) in [5.74, 6) is -0.0707. The number of benzene rings is 1. The summed E-state index contributed by atoms with van der Waals surface area (Å²) < 4.78 is 5.88. The lowest BCUT2D eigenvalue weighted by Gasteiger charge is -2.25. The molecule has 2 aliphatic heterocycles. The topological polar surface area (TPSA) is 65.1 Å². The van der Waals surface area contributed by atoms with Crippen molar-refractivity contribution >= 4 is 17.6 Å². The molecule has 142 valence electrons. The van der Waals surface area contributed by atoms with E-state index in [9.17, 15) is 9.59 Å². The fourth-order valence-corrected chi connectivity index (χ4v) is 3.76. The maximum Gasteiger partial charge on any atom is 0.323 e. The van der Waals surface area contributed by atoms with Crippen molar-refractivity contribution in [2.24, 2.45) is 0 Å². The third-order valence-corrected chi connectivity index (χ3v) is 5.13. The molecule has 2 aliphatic rings. The molecule has 7 heteroatoms. The Kier molecular flexibility index (Phi) is 5.20. The van der Waals surface area contributed by atoms with Crippen LogP contribution in [0.15, 0.2) is 24.3 Å². The Bertz CT molecular complexity index is 691. The molecule has 26 heavy (non-hydrogen) atoms. The van der Waals surface area contributed by atoms with Gasteiger partial charge >= 0.3 is 6.03 Å². The van der Waals surface area contributed by atoms with Crippen LogP contribution in [0.2, 0.25) is 0 Å². The van der Waals surface area contributed by atoms with Gasteiger partial charge in [0, 0.05) is 44.8 Å². The van der Waals surface area contributed by atoms with Crippen LogP contribution in [-0.4, -0.2) is 82.3 Å². The fourth-order valence-electron chi connectivity index (χ4n) is 3.76. The second kappa shape index (κ2) is 7.25. The average Bonchev–Trinajstić information content (AvgIpc) is 3.17. The lowest BCUT2D eigenvalue weighted by atomic mass is 9.80. The highest BCUT2D eigenvalue weighted by Crippen LogP contribution is 2.47. The number of carbonyl (C=O) groups excluding carboxylic acids is 2. The molecule has 0 radical (unpaired) electrons. The summed E-state index contributed by atoms with van der Waals surface area (Å²) in [5, 5.41) is 2.94. The number of nitrogens with zero attached hydrogens (tertiary/aromatic N) is 3. The highest BCUT2D eigenvalue weighted by molar-refractivity contribution is 5.95. The van der Waals surface area contributed by atoms with Gasteiger partial charge in [-0.1, -0.05) is 18.2 Å². The van der Waals surface area contributed by atoms with Crippen LogP contribution in [0.3, 0.4) is 0 Å². The minimum Gasteiger partial charge on any atom is -0.367 e. The number of likely N-dealkylation sites (N-methyl/N-ethyl adjacent to an activating group) is 1. The number of nitrogens with one attached hydrogen (secondary N) is 1. The molecule has 2 atom stereocenters. The summed E-state index contributed by atoms with van der Waals surface area (Å²) in [6.45, 7) is 2.38. The summed E-state index contributed by atoms with van der Waals surface area (Å²) in [4.78, 5) is 30.5. The van der Waals surface area contributed by atoms with Crippen LogP contribution in [0, 0.1) is 0 Å². The predicted molar refractivity (Wildman–Crippen MR) is 100 cm³/mol. The van der Waals surface area contributed by atoms with E-state index < -0.39 is 6.10 Å². The summed E-state index contributed by atoms with van der Waals surface area (Å²) in [6, 6.07) is 7.89. The molecule has 1 aromatic carbocycles. The smallest absolute Gasteiger partial charge is 0.323 e. The van der Waals surface area contributed by atoms with Gasteiger partial charge in [0.25, 0.3) is 0 Å². The van der Waals surface area contributed by atoms with E-state index in [0.29, 0.717) is 26.1 Å². The number of rotatable bonds is 4. The molecule has 3 rings (SSSR count). The standard InChI is InChI=1S/C19H28N4O3/c1-21(2)10-9-20-17(24)16-11-19(13-26-16)12-23(18(25)22(3)4)15-8-6-5-7-14(15)19/h5-8,16H,9-13H2,1-4H3,(H,20,24)/t16-,19+/m0/s1. The van der Waals surface area contributed by atoms with E-state index in [1.807, 2.05) is 43.3 Å². The Morgan fingerprint density at radius 2 is 2.00 bits per heavy atom. The third-order valence-electron chi connectivity index (χ3n) is 5.13. The minimum atomic E-state index is -0.473. The van der Waals surface area contributed by atoms with E-state index in [4.69, 9.17) is 4.74 Å². The Labute approximate surface area is 154 Å². The molecule has 0 aromatic heterocycles. The number of fused-ring (bicyclic) bond motifs is 2. The molecule has 7 nitrogen and oxygen atoms in total. The van der Waals surface area contributed by atoms with Crippen molar-refractivity contribution in [1.82, 2.24) is 15.1 Å². The first-order valence-electron chi connectivity index (χ1n) is 8.96. The van der Waals surface area contributed by atoms with Gasteiger partial charge in [-0.3, -0.25) is 9.69 Å². The van der Waals surface area contributed by atoms with Gasteiger partial charge < -0.3 is 19.9 Å². The molecule has 1 saturated heterocycles. The van der Waals surface area contributed by atoms with Crippen LogP contribution >= 0.6 is 0 Å². The monoisotopic (exact) mass is 360 g/mol. The van der Waals surface area contributed by atoms with Crippen molar-refractivity contribution in [2.75, 3.05) is 59.3 Å². The van der Waals surface area contributed by atoms with E-state index in [1.165, 1.54) is 0 Å². The number of hydrogen-bond acceptors (Lipinski definition) is 4. The number of anilines is 1. The minimum absolute atomic E-state index is 0.0480. The van der Waals surface area contributed by atoms with Crippen molar-refractivity contribution < 1.29 is 14.3 Å². The number of urea groups is 1. The first-order chi connectivity index (χ1) is 12.3. The van der Waals surface area contributed by atoms with Crippen molar-refractivity contribution in [3.8, 4) is 0 Å². The number of carbonyl (C=O) groups is 2. The van der Waals surface area contributed by atoms with E-state index in [-0.39, 0.29) is 17.4 Å². The van der Waals surface area contributed by atoms with E-state index in [0.717, 1.165) is 17.8 Å². The van der Waals surface area contributed by atoms with Crippen molar-refractivity contribution in [2.45, 2.75) is 17.9 Å². The van der Waals surface area contributed by atoms with Crippen molar-refractivity contribution in [1.29, 1.82) is 0 Å². The van der Waals surface area contributed by atoms with Crippen LogP contribution in [0.1, 0.15) is 12.0 Å². The first kappa shape index (κ1) is 18.7. The predicted octanol–water partition coefficient (Wildman–Crippen LogP) is 0.893. The Hall–Kier alpha value is -2.12. The molecule has 0 unspecified atom stereocenters. The maximum absolute atomic E-state index is 12.6. The molecule has 1 spiro atoms. The molecule has 0 aliphatic carbocycles. The molecule has 2 heterocycles. The molecule has 0 saturated carbocycles. The maximum atomic E-state index is 12.6. The van der Waals surface area contributed by atoms with Crippen LogP contribution in [0.5, 0.6) is 0 Å². The number of ether oxygens (including phenoxy) is 1. The highest BCUT2D eigenvalue weighted by atomic mass is 16.5. The Morgan fingerprint density at radius 1 is 1.27 bits per heavy atom. The molecule has 1 fully saturated rings. The zero-order chi connectivity index (χ0) is 18.9. The van der Waals surface area contributed by atoms with Gasteiger partial charge in [-0.05, 0) is 32.1 Å². The van der Waals surface area contributed by atoms with Crippen molar-refractivity contribution in [3.63, 3.8) is 0 Å². The van der Waals surface area contributed by atoms with E-state index in [1.54, 1.807) is 23.9 Å².